The van der Waals surface area contributed by atoms with Crippen LogP contribution in [0.1, 0.15) is 18.4 Å². The Labute approximate surface area is 184 Å². The minimum Gasteiger partial charge on any atom is -0.710 e. The molecule has 1 aliphatic heterocycles. The quantitative estimate of drug-likeness (QED) is 0.125. The van der Waals surface area contributed by atoms with E-state index in [1.807, 2.05) is 0 Å². The highest BCUT2D eigenvalue weighted by atomic mass is 35.5. The van der Waals surface area contributed by atoms with Crippen LogP contribution in [0.3, 0.4) is 0 Å². The first-order chi connectivity index (χ1) is 14.7. The number of anilines is 1. The molecule has 0 amide bonds. The molecule has 0 radical (unpaired) electrons. The number of benzene rings is 1. The first-order valence-corrected chi connectivity index (χ1v) is 11.9. The Bertz CT molecular complexity index is 1150. The number of halogens is 2. The Balaban J connectivity index is 1.59. The van der Waals surface area contributed by atoms with E-state index >= 15 is 0 Å². The second-order valence-electron chi connectivity index (χ2n) is 7.48. The summed E-state index contributed by atoms with van der Waals surface area (Å²) >= 11 is 5.77. The van der Waals surface area contributed by atoms with Gasteiger partial charge < -0.3 is 15.5 Å². The van der Waals surface area contributed by atoms with Crippen molar-refractivity contribution in [3.8, 4) is 0 Å². The van der Waals surface area contributed by atoms with E-state index in [1.165, 1.54) is 18.3 Å². The molecule has 1 unspecified atom stereocenters. The number of aromatic amines is 1. The molecular formula is C19H22ClFN6O3S. The fraction of sp³-hybridized carbons (Fsp3) is 0.316. The van der Waals surface area contributed by atoms with Gasteiger partial charge in [0, 0.05) is 30.3 Å². The monoisotopic (exact) mass is 468 g/mol. The SMILES string of the molecule is NC(c1ccnc2nc(NCC3CCCS(O)(O)C3)[nH]c12)=[N+]([O-])c1ccc(F)c(Cl)c1. The number of nitrogens with zero attached hydrogens (tertiary/aromatic N) is 3. The summed E-state index contributed by atoms with van der Waals surface area (Å²) in [5, 5.41) is 15.7. The number of aromatic nitrogens is 3. The summed E-state index contributed by atoms with van der Waals surface area (Å²) in [4.78, 5) is 11.7. The normalized spacial score (nSPS) is 20.3. The van der Waals surface area contributed by atoms with Gasteiger partial charge in [-0.15, -0.1) is 0 Å². The molecule has 31 heavy (non-hydrogen) atoms. The zero-order chi connectivity index (χ0) is 22.2. The van der Waals surface area contributed by atoms with Crippen molar-refractivity contribution in [3.05, 3.63) is 52.1 Å². The lowest BCUT2D eigenvalue weighted by Gasteiger charge is -2.40. The van der Waals surface area contributed by atoms with E-state index in [2.05, 4.69) is 20.3 Å². The third-order valence-corrected chi connectivity index (χ3v) is 7.41. The number of hydrogen-bond donors (Lipinski definition) is 5. The molecular weight excluding hydrogens is 447 g/mol. The van der Waals surface area contributed by atoms with Crippen LogP contribution >= 0.6 is 22.2 Å². The highest BCUT2D eigenvalue weighted by Gasteiger charge is 2.25. The Morgan fingerprint density at radius 2 is 2.23 bits per heavy atom. The molecule has 0 bridgehead atoms. The van der Waals surface area contributed by atoms with Gasteiger partial charge in [0.25, 0.3) is 5.84 Å². The van der Waals surface area contributed by atoms with Crippen LogP contribution < -0.4 is 11.1 Å². The van der Waals surface area contributed by atoms with Crippen molar-refractivity contribution in [1.82, 2.24) is 15.0 Å². The zero-order valence-electron chi connectivity index (χ0n) is 16.4. The minimum absolute atomic E-state index is 0.0861. The number of H-pyrrole nitrogens is 1. The van der Waals surface area contributed by atoms with Crippen LogP contribution in [0.15, 0.2) is 30.5 Å². The molecule has 2 aromatic heterocycles. The van der Waals surface area contributed by atoms with E-state index in [0.29, 0.717) is 45.5 Å². The molecule has 0 saturated carbocycles. The number of fused-ring (bicyclic) bond motifs is 1. The summed E-state index contributed by atoms with van der Waals surface area (Å²) in [7, 11) is -2.50. The van der Waals surface area contributed by atoms with Crippen molar-refractivity contribution < 1.29 is 18.2 Å². The summed E-state index contributed by atoms with van der Waals surface area (Å²) < 4.78 is 33.7. The van der Waals surface area contributed by atoms with Gasteiger partial charge in [0.2, 0.25) is 5.95 Å². The number of pyridine rings is 1. The van der Waals surface area contributed by atoms with Crippen molar-refractivity contribution in [2.75, 3.05) is 23.4 Å². The lowest BCUT2D eigenvalue weighted by molar-refractivity contribution is -0.361. The maximum Gasteiger partial charge on any atom is 0.285 e. The molecule has 12 heteroatoms. The Hall–Kier alpha value is -2.60. The van der Waals surface area contributed by atoms with E-state index in [1.54, 1.807) is 6.07 Å². The fourth-order valence-corrected chi connectivity index (χ4v) is 5.63. The molecule has 166 valence electrons. The lowest BCUT2D eigenvalue weighted by atomic mass is 10.1. The third kappa shape index (κ3) is 4.69. The van der Waals surface area contributed by atoms with Crippen LogP contribution in [-0.2, 0) is 0 Å². The molecule has 1 aliphatic rings. The summed E-state index contributed by atoms with van der Waals surface area (Å²) in [5.74, 6) is 0.624. The summed E-state index contributed by atoms with van der Waals surface area (Å²) in [6.45, 7) is 0.520. The highest BCUT2D eigenvalue weighted by molar-refractivity contribution is 8.24. The number of imidazole rings is 1. The van der Waals surface area contributed by atoms with Crippen LogP contribution in [0.2, 0.25) is 5.02 Å². The lowest BCUT2D eigenvalue weighted by Crippen LogP contribution is -2.27. The third-order valence-electron chi connectivity index (χ3n) is 5.17. The largest absolute Gasteiger partial charge is 0.710 e. The molecule has 1 fully saturated rings. The van der Waals surface area contributed by atoms with Gasteiger partial charge in [0.05, 0.1) is 10.6 Å². The van der Waals surface area contributed by atoms with Crippen LogP contribution in [0, 0.1) is 16.9 Å². The molecule has 4 rings (SSSR count). The Morgan fingerprint density at radius 3 is 2.97 bits per heavy atom. The standard InChI is InChI=1S/C19H22ClFN6O3S/c20-14-8-12(3-4-15(14)21)27(28)17(22)13-5-6-23-18-16(13)25-19(26-18)24-9-11-2-1-7-31(29,30)10-11/h3-6,8,11,29-30H,1-2,7,9-10,22H2,(H2,23,24,25,26). The zero-order valence-corrected chi connectivity index (χ0v) is 18.0. The van der Waals surface area contributed by atoms with Crippen molar-refractivity contribution in [3.63, 3.8) is 0 Å². The Kier molecular flexibility index (Phi) is 5.93. The molecule has 1 aromatic carbocycles. The topological polar surface area (TPSA) is 146 Å². The number of amidine groups is 1. The average Bonchev–Trinajstić information content (AvgIpc) is 3.15. The molecule has 6 N–H and O–H groups in total. The number of nitrogens with two attached hydrogens (primary N) is 1. The van der Waals surface area contributed by atoms with E-state index in [-0.39, 0.29) is 22.5 Å². The van der Waals surface area contributed by atoms with E-state index < -0.39 is 16.4 Å². The smallest absolute Gasteiger partial charge is 0.285 e. The maximum absolute atomic E-state index is 13.4. The van der Waals surface area contributed by atoms with Crippen LogP contribution in [0.5, 0.6) is 0 Å². The maximum atomic E-state index is 13.4. The van der Waals surface area contributed by atoms with Crippen LogP contribution in [-0.4, -0.2) is 52.7 Å². The van der Waals surface area contributed by atoms with Crippen molar-refractivity contribution in [2.24, 2.45) is 11.7 Å². The van der Waals surface area contributed by atoms with Gasteiger partial charge in [-0.1, -0.05) is 11.6 Å². The average molecular weight is 469 g/mol. The van der Waals surface area contributed by atoms with Crippen molar-refractivity contribution >= 4 is 50.8 Å². The minimum atomic E-state index is -2.50. The van der Waals surface area contributed by atoms with Gasteiger partial charge in [0.15, 0.2) is 5.65 Å². The van der Waals surface area contributed by atoms with E-state index in [0.717, 1.165) is 18.9 Å². The molecule has 3 heterocycles. The van der Waals surface area contributed by atoms with Gasteiger partial charge in [0.1, 0.15) is 17.0 Å². The van der Waals surface area contributed by atoms with Crippen LogP contribution in [0.25, 0.3) is 11.2 Å². The fourth-order valence-electron chi connectivity index (χ4n) is 3.62. The molecule has 1 saturated heterocycles. The number of hydrogen-bond acceptors (Lipinski definition) is 6. The predicted molar refractivity (Wildman–Crippen MR) is 121 cm³/mol. The first kappa shape index (κ1) is 21.6. The van der Waals surface area contributed by atoms with Gasteiger partial charge in [-0.2, -0.15) is 15.6 Å². The van der Waals surface area contributed by atoms with Crippen molar-refractivity contribution in [2.45, 2.75) is 12.8 Å². The predicted octanol–water partition coefficient (Wildman–Crippen LogP) is 3.87. The Morgan fingerprint density at radius 1 is 1.42 bits per heavy atom. The summed E-state index contributed by atoms with van der Waals surface area (Å²) in [6.07, 6.45) is 3.16. The summed E-state index contributed by atoms with van der Waals surface area (Å²) in [5.41, 5.74) is 7.39. The molecule has 1 atom stereocenters. The summed E-state index contributed by atoms with van der Waals surface area (Å²) in [6, 6.07) is 5.15. The second kappa shape index (κ2) is 8.50. The van der Waals surface area contributed by atoms with E-state index in [4.69, 9.17) is 17.3 Å². The van der Waals surface area contributed by atoms with Gasteiger partial charge in [-0.3, -0.25) is 14.8 Å². The van der Waals surface area contributed by atoms with Gasteiger partial charge >= 0.3 is 0 Å². The molecule has 9 nitrogen and oxygen atoms in total. The first-order valence-electron chi connectivity index (χ1n) is 9.61. The molecule has 0 aliphatic carbocycles. The second-order valence-corrected chi connectivity index (χ2v) is 10.2. The highest BCUT2D eigenvalue weighted by Crippen LogP contribution is 2.46. The molecule has 3 aromatic rings. The van der Waals surface area contributed by atoms with E-state index in [9.17, 15) is 18.7 Å². The van der Waals surface area contributed by atoms with Gasteiger partial charge in [-0.25, -0.2) is 14.1 Å². The van der Waals surface area contributed by atoms with Crippen molar-refractivity contribution in [1.29, 1.82) is 0 Å². The van der Waals surface area contributed by atoms with Crippen LogP contribution in [0.4, 0.5) is 16.0 Å². The number of rotatable bonds is 5. The molecule has 0 spiro atoms. The van der Waals surface area contributed by atoms with Gasteiger partial charge in [-0.05, 0) is 37.0 Å². The number of nitrogens with one attached hydrogen (secondary N) is 2.